The van der Waals surface area contributed by atoms with Crippen LogP contribution < -0.4 is 14.4 Å². The minimum Gasteiger partial charge on any atom is -0.486 e. The molecule has 0 aliphatic carbocycles. The van der Waals surface area contributed by atoms with E-state index in [0.717, 1.165) is 18.9 Å². The van der Waals surface area contributed by atoms with Gasteiger partial charge in [0.25, 0.3) is 5.91 Å². The predicted octanol–water partition coefficient (Wildman–Crippen LogP) is 1.27. The van der Waals surface area contributed by atoms with Crippen LogP contribution in [0.15, 0.2) is 24.4 Å². The molecule has 8 heteroatoms. The highest BCUT2D eigenvalue weighted by Crippen LogP contribution is 2.34. The van der Waals surface area contributed by atoms with Crippen LogP contribution in [0.2, 0.25) is 0 Å². The number of para-hydroxylation sites is 1. The molecular weight excluding hydrogens is 316 g/mol. The molecule has 0 spiro atoms. The zero-order valence-corrected chi connectivity index (χ0v) is 13.3. The molecule has 0 unspecified atom stereocenters. The lowest BCUT2D eigenvalue weighted by atomic mass is 10.1. The summed E-state index contributed by atoms with van der Waals surface area (Å²) in [5, 5.41) is 0. The van der Waals surface area contributed by atoms with Gasteiger partial charge < -0.3 is 19.3 Å². The van der Waals surface area contributed by atoms with Gasteiger partial charge in [-0.25, -0.2) is 0 Å². The van der Waals surface area contributed by atoms with E-state index >= 15 is 0 Å². The van der Waals surface area contributed by atoms with Gasteiger partial charge in [0.2, 0.25) is 0 Å². The Hall–Kier alpha value is -2.35. The fourth-order valence-corrected chi connectivity index (χ4v) is 3.29. The second-order valence-corrected chi connectivity index (χ2v) is 5.93. The number of nitrogens with zero attached hydrogens (tertiary/aromatic N) is 4. The Bertz CT molecular complexity index is 699. The number of carbonyl (C=O) groups excluding carboxylic acids is 1. The van der Waals surface area contributed by atoms with Crippen LogP contribution in [0.1, 0.15) is 10.4 Å². The van der Waals surface area contributed by atoms with Gasteiger partial charge in [-0.1, -0.05) is 6.07 Å². The molecule has 0 bridgehead atoms. The molecule has 2 aliphatic rings. The molecule has 0 N–H and O–H groups in total. The standard InChI is InChI=1S/C15H16N4O3S/c20-15(11-2-1-3-12-14(11)22-9-8-21-12)19-6-4-18(5-7-19)13-10-16-23-17-13/h1-3,10H,4-9H2. The van der Waals surface area contributed by atoms with Gasteiger partial charge in [0.1, 0.15) is 13.2 Å². The van der Waals surface area contributed by atoms with Crippen LogP contribution in [-0.2, 0) is 0 Å². The van der Waals surface area contributed by atoms with E-state index in [9.17, 15) is 4.79 Å². The number of rotatable bonds is 2. The van der Waals surface area contributed by atoms with Crippen molar-refractivity contribution in [3.8, 4) is 11.5 Å². The lowest BCUT2D eigenvalue weighted by Crippen LogP contribution is -2.49. The van der Waals surface area contributed by atoms with Gasteiger partial charge >= 0.3 is 0 Å². The van der Waals surface area contributed by atoms with Crippen molar-refractivity contribution in [2.45, 2.75) is 0 Å². The summed E-state index contributed by atoms with van der Waals surface area (Å²) in [4.78, 5) is 16.8. The number of benzene rings is 1. The number of ether oxygens (including phenoxy) is 2. The topological polar surface area (TPSA) is 67.8 Å². The Morgan fingerprint density at radius 1 is 1.13 bits per heavy atom. The highest BCUT2D eigenvalue weighted by atomic mass is 32.1. The van der Waals surface area contributed by atoms with E-state index in [-0.39, 0.29) is 5.91 Å². The Kier molecular flexibility index (Phi) is 3.74. The smallest absolute Gasteiger partial charge is 0.257 e. The van der Waals surface area contributed by atoms with E-state index in [1.807, 2.05) is 17.0 Å². The monoisotopic (exact) mass is 332 g/mol. The zero-order valence-electron chi connectivity index (χ0n) is 12.5. The van der Waals surface area contributed by atoms with Gasteiger partial charge in [-0.2, -0.15) is 8.75 Å². The molecule has 0 atom stereocenters. The molecule has 1 fully saturated rings. The number of anilines is 1. The van der Waals surface area contributed by atoms with Gasteiger partial charge in [0.15, 0.2) is 17.3 Å². The summed E-state index contributed by atoms with van der Waals surface area (Å²) >= 11 is 1.20. The maximum Gasteiger partial charge on any atom is 0.257 e. The lowest BCUT2D eigenvalue weighted by molar-refractivity contribution is 0.0736. The normalized spacial score (nSPS) is 17.2. The van der Waals surface area contributed by atoms with Gasteiger partial charge in [0, 0.05) is 26.2 Å². The first-order valence-corrected chi connectivity index (χ1v) is 8.26. The summed E-state index contributed by atoms with van der Waals surface area (Å²) in [6.45, 7) is 3.81. The van der Waals surface area contributed by atoms with Gasteiger partial charge in [-0.05, 0) is 12.1 Å². The van der Waals surface area contributed by atoms with Crippen molar-refractivity contribution in [1.29, 1.82) is 0 Å². The molecule has 1 saturated heterocycles. The van der Waals surface area contributed by atoms with Crippen LogP contribution in [-0.4, -0.2) is 58.9 Å². The fraction of sp³-hybridized carbons (Fsp3) is 0.400. The molecule has 1 aromatic heterocycles. The molecule has 2 aromatic rings. The Morgan fingerprint density at radius 3 is 2.74 bits per heavy atom. The second-order valence-electron chi connectivity index (χ2n) is 5.37. The Balaban J connectivity index is 1.48. The number of hydrogen-bond donors (Lipinski definition) is 0. The molecule has 1 aromatic carbocycles. The molecule has 2 aliphatic heterocycles. The van der Waals surface area contributed by atoms with Crippen molar-refractivity contribution >= 4 is 23.5 Å². The second kappa shape index (κ2) is 6.04. The maximum atomic E-state index is 12.8. The number of piperazine rings is 1. The van der Waals surface area contributed by atoms with Crippen molar-refractivity contribution in [2.24, 2.45) is 0 Å². The Morgan fingerprint density at radius 2 is 1.96 bits per heavy atom. The van der Waals surface area contributed by atoms with E-state index in [1.54, 1.807) is 12.3 Å². The van der Waals surface area contributed by atoms with E-state index in [2.05, 4.69) is 13.6 Å². The number of aromatic nitrogens is 2. The van der Waals surface area contributed by atoms with E-state index in [4.69, 9.17) is 9.47 Å². The number of fused-ring (bicyclic) bond motifs is 1. The molecule has 1 amide bonds. The first-order valence-electron chi connectivity index (χ1n) is 7.53. The summed E-state index contributed by atoms with van der Waals surface area (Å²) in [5.41, 5.74) is 0.575. The predicted molar refractivity (Wildman–Crippen MR) is 85.5 cm³/mol. The highest BCUT2D eigenvalue weighted by Gasteiger charge is 2.27. The highest BCUT2D eigenvalue weighted by molar-refractivity contribution is 6.99. The SMILES string of the molecule is O=C(c1cccc2c1OCCO2)N1CCN(c2cnsn2)CC1. The summed E-state index contributed by atoms with van der Waals surface area (Å²) in [5.74, 6) is 2.09. The Labute approximate surface area is 137 Å². The van der Waals surface area contributed by atoms with Crippen LogP contribution >= 0.6 is 11.7 Å². The first-order chi connectivity index (χ1) is 11.3. The number of amides is 1. The van der Waals surface area contributed by atoms with Crippen molar-refractivity contribution in [3.63, 3.8) is 0 Å². The van der Waals surface area contributed by atoms with Crippen molar-refractivity contribution in [1.82, 2.24) is 13.6 Å². The molecule has 7 nitrogen and oxygen atoms in total. The molecule has 120 valence electrons. The van der Waals surface area contributed by atoms with E-state index in [1.165, 1.54) is 11.7 Å². The quantitative estimate of drug-likeness (QED) is 0.825. The summed E-state index contributed by atoms with van der Waals surface area (Å²) < 4.78 is 19.5. The van der Waals surface area contributed by atoms with Crippen LogP contribution in [0.3, 0.4) is 0 Å². The molecule has 0 saturated carbocycles. The fourth-order valence-electron chi connectivity index (χ4n) is 2.85. The van der Waals surface area contributed by atoms with E-state index < -0.39 is 0 Å². The third-order valence-electron chi connectivity index (χ3n) is 4.04. The van der Waals surface area contributed by atoms with Crippen molar-refractivity contribution in [2.75, 3.05) is 44.3 Å². The molecule has 3 heterocycles. The summed E-state index contributed by atoms with van der Waals surface area (Å²) in [6, 6.07) is 5.46. The van der Waals surface area contributed by atoms with Crippen LogP contribution in [0.4, 0.5) is 5.82 Å². The molecular formula is C15H16N4O3S. The average molecular weight is 332 g/mol. The number of hydrogen-bond acceptors (Lipinski definition) is 7. The third-order valence-corrected chi connectivity index (χ3v) is 4.51. The largest absolute Gasteiger partial charge is 0.486 e. The van der Waals surface area contributed by atoms with Crippen LogP contribution in [0.25, 0.3) is 0 Å². The zero-order chi connectivity index (χ0) is 15.6. The summed E-state index contributed by atoms with van der Waals surface area (Å²) in [6.07, 6.45) is 1.76. The van der Waals surface area contributed by atoms with Crippen LogP contribution in [0.5, 0.6) is 11.5 Å². The first kappa shape index (κ1) is 14.3. The van der Waals surface area contributed by atoms with Crippen molar-refractivity contribution in [3.05, 3.63) is 30.0 Å². The van der Waals surface area contributed by atoms with Gasteiger partial charge in [-0.15, -0.1) is 0 Å². The molecule has 23 heavy (non-hydrogen) atoms. The number of carbonyl (C=O) groups is 1. The minimum absolute atomic E-state index is 0.0107. The molecule has 4 rings (SSSR count). The maximum absolute atomic E-state index is 12.8. The van der Waals surface area contributed by atoms with Gasteiger partial charge in [0.05, 0.1) is 23.5 Å². The van der Waals surface area contributed by atoms with Crippen LogP contribution in [0, 0.1) is 0 Å². The minimum atomic E-state index is -0.0107. The molecule has 0 radical (unpaired) electrons. The van der Waals surface area contributed by atoms with Crippen molar-refractivity contribution < 1.29 is 14.3 Å². The van der Waals surface area contributed by atoms with Gasteiger partial charge in [-0.3, -0.25) is 4.79 Å². The third kappa shape index (κ3) is 2.70. The lowest BCUT2D eigenvalue weighted by Gasteiger charge is -2.35. The van der Waals surface area contributed by atoms with E-state index in [0.29, 0.717) is 43.4 Å². The average Bonchev–Trinajstić information content (AvgIpc) is 3.15. The summed E-state index contributed by atoms with van der Waals surface area (Å²) in [7, 11) is 0.